The molecule has 1 atom stereocenters. The van der Waals surface area contributed by atoms with Gasteiger partial charge in [0.15, 0.2) is 11.6 Å². The third kappa shape index (κ3) is 5.08. The molecule has 2 rings (SSSR count). The van der Waals surface area contributed by atoms with Crippen molar-refractivity contribution in [1.29, 1.82) is 5.26 Å². The van der Waals surface area contributed by atoms with E-state index in [1.807, 2.05) is 6.92 Å². The van der Waals surface area contributed by atoms with E-state index in [2.05, 4.69) is 25.2 Å². The van der Waals surface area contributed by atoms with Crippen molar-refractivity contribution in [2.45, 2.75) is 34.1 Å². The lowest BCUT2D eigenvalue weighted by Gasteiger charge is -2.30. The summed E-state index contributed by atoms with van der Waals surface area (Å²) in [6.07, 6.45) is 0.687. The molecule has 4 nitrogen and oxygen atoms in total. The Morgan fingerprint density at radius 3 is 2.44 bits per heavy atom. The van der Waals surface area contributed by atoms with Gasteiger partial charge in [-0.2, -0.15) is 5.26 Å². The third-order valence-electron chi connectivity index (χ3n) is 4.37. The monoisotopic (exact) mass is 386 g/mol. The molecule has 0 saturated carbocycles. The molecule has 1 aliphatic heterocycles. The zero-order valence-electron chi connectivity index (χ0n) is 15.9. The number of thioether (sulfide) groups is 1. The number of nitrogens with zero attached hydrogens (tertiary/aromatic N) is 1. The lowest BCUT2D eigenvalue weighted by atomic mass is 9.81. The highest BCUT2D eigenvalue weighted by Crippen LogP contribution is 2.37. The van der Waals surface area contributed by atoms with Gasteiger partial charge in [-0.25, -0.2) is 4.39 Å². The van der Waals surface area contributed by atoms with E-state index in [4.69, 9.17) is 0 Å². The van der Waals surface area contributed by atoms with Crippen molar-refractivity contribution in [3.05, 3.63) is 57.5 Å². The van der Waals surface area contributed by atoms with E-state index in [-0.39, 0.29) is 23.2 Å². The van der Waals surface area contributed by atoms with Crippen molar-refractivity contribution in [3.63, 3.8) is 0 Å². The Balaban J connectivity index is 2.26. The fourth-order valence-corrected chi connectivity index (χ4v) is 4.20. The van der Waals surface area contributed by atoms with Gasteiger partial charge in [-0.15, -0.1) is 0 Å². The van der Waals surface area contributed by atoms with Crippen molar-refractivity contribution < 1.29 is 14.0 Å². The number of allylic oxidation sites excluding steroid dienone is 3. The number of halogens is 1. The number of carbonyl (C=O) groups is 2. The van der Waals surface area contributed by atoms with Crippen LogP contribution < -0.4 is 5.32 Å². The van der Waals surface area contributed by atoms with Crippen LogP contribution in [0.2, 0.25) is 0 Å². The maximum absolute atomic E-state index is 13.0. The lowest BCUT2D eigenvalue weighted by molar-refractivity contribution is -0.114. The maximum Gasteiger partial charge on any atom is 0.173 e. The highest BCUT2D eigenvalue weighted by molar-refractivity contribution is 8.03. The molecule has 27 heavy (non-hydrogen) atoms. The quantitative estimate of drug-likeness (QED) is 0.693. The van der Waals surface area contributed by atoms with Crippen LogP contribution in [0.1, 0.15) is 44.5 Å². The molecular weight excluding hydrogens is 363 g/mol. The second kappa shape index (κ2) is 9.01. The van der Waals surface area contributed by atoms with E-state index in [0.29, 0.717) is 34.1 Å². The largest absolute Gasteiger partial charge is 0.353 e. The number of hydrogen-bond acceptors (Lipinski definition) is 5. The summed E-state index contributed by atoms with van der Waals surface area (Å²) in [5.41, 5.74) is 2.28. The number of Topliss-reactive ketones (excluding diaryl/α,β-unsaturated/α-hetero) is 2. The minimum atomic E-state index is -0.392. The minimum Gasteiger partial charge on any atom is -0.353 e. The first kappa shape index (κ1) is 20.9. The molecule has 0 amide bonds. The Hall–Kier alpha value is -2.39. The van der Waals surface area contributed by atoms with Gasteiger partial charge in [0, 0.05) is 22.8 Å². The van der Waals surface area contributed by atoms with Gasteiger partial charge >= 0.3 is 0 Å². The zero-order valence-corrected chi connectivity index (χ0v) is 16.7. The first-order valence-corrected chi connectivity index (χ1v) is 9.77. The average molecular weight is 386 g/mol. The second-order valence-electron chi connectivity index (χ2n) is 6.98. The molecule has 0 spiro atoms. The second-order valence-corrected chi connectivity index (χ2v) is 7.96. The van der Waals surface area contributed by atoms with Crippen LogP contribution in [-0.2, 0) is 4.79 Å². The highest BCUT2D eigenvalue weighted by Gasteiger charge is 2.32. The summed E-state index contributed by atoms with van der Waals surface area (Å²) in [6.45, 7) is 7.43. The summed E-state index contributed by atoms with van der Waals surface area (Å²) in [4.78, 5) is 24.5. The Kier molecular flexibility index (Phi) is 6.98. The van der Waals surface area contributed by atoms with Gasteiger partial charge in [-0.3, -0.25) is 9.59 Å². The van der Waals surface area contributed by atoms with Crippen LogP contribution in [0.5, 0.6) is 0 Å². The number of carbonyl (C=O) groups excluding carboxylic acids is 2. The molecule has 0 bridgehead atoms. The number of hydrogen-bond donors (Lipinski definition) is 1. The van der Waals surface area contributed by atoms with Crippen molar-refractivity contribution in [1.82, 2.24) is 5.32 Å². The number of nitrogens with one attached hydrogen (secondary N) is 1. The predicted molar refractivity (Wildman–Crippen MR) is 105 cm³/mol. The molecule has 1 heterocycles. The molecule has 6 heteroatoms. The van der Waals surface area contributed by atoms with E-state index in [9.17, 15) is 19.2 Å². The summed E-state index contributed by atoms with van der Waals surface area (Å²) >= 11 is 1.24. The summed E-state index contributed by atoms with van der Waals surface area (Å²) < 4.78 is 13.0. The van der Waals surface area contributed by atoms with Gasteiger partial charge in [-0.05, 0) is 50.5 Å². The molecule has 1 aliphatic rings. The standard InChI is InChI=1S/C21H23FN2O2S/c1-12(2)9-17-18(10-23)21(24-13(3)20(17)14(4)25)27-11-19(26)15-5-7-16(22)8-6-15/h5-8,12,17,24H,9,11H2,1-4H3/t17-/m1/s1. The normalized spacial score (nSPS) is 17.0. The van der Waals surface area contributed by atoms with Crippen molar-refractivity contribution in [2.24, 2.45) is 11.8 Å². The van der Waals surface area contributed by atoms with E-state index in [1.165, 1.54) is 43.0 Å². The van der Waals surface area contributed by atoms with Gasteiger partial charge in [-0.1, -0.05) is 25.6 Å². The molecule has 0 fully saturated rings. The van der Waals surface area contributed by atoms with Crippen LogP contribution in [0.15, 0.2) is 46.1 Å². The SMILES string of the molecule is CC(=O)C1=C(C)NC(SCC(=O)c2ccc(F)cc2)=C(C#N)[C@H]1CC(C)C. The van der Waals surface area contributed by atoms with Crippen molar-refractivity contribution >= 4 is 23.3 Å². The van der Waals surface area contributed by atoms with Crippen LogP contribution >= 0.6 is 11.8 Å². The molecule has 1 N–H and O–H groups in total. The number of nitriles is 1. The highest BCUT2D eigenvalue weighted by atomic mass is 32.2. The Morgan fingerprint density at radius 2 is 1.93 bits per heavy atom. The summed E-state index contributed by atoms with van der Waals surface area (Å²) in [7, 11) is 0. The van der Waals surface area contributed by atoms with Crippen LogP contribution in [-0.4, -0.2) is 17.3 Å². The fraction of sp³-hybridized carbons (Fsp3) is 0.381. The number of dihydropyridines is 1. The van der Waals surface area contributed by atoms with Gasteiger partial charge in [0.25, 0.3) is 0 Å². The lowest BCUT2D eigenvalue weighted by Crippen LogP contribution is -2.29. The van der Waals surface area contributed by atoms with Crippen LogP contribution in [0, 0.1) is 29.0 Å². The molecule has 0 aliphatic carbocycles. The van der Waals surface area contributed by atoms with E-state index in [0.717, 1.165) is 5.70 Å². The average Bonchev–Trinajstić information content (AvgIpc) is 2.59. The van der Waals surface area contributed by atoms with Crippen LogP contribution in [0.4, 0.5) is 4.39 Å². The molecule has 0 radical (unpaired) electrons. The summed E-state index contributed by atoms with van der Waals surface area (Å²) in [5.74, 6) is -0.425. The van der Waals surface area contributed by atoms with Gasteiger partial charge in [0.1, 0.15) is 5.82 Å². The summed E-state index contributed by atoms with van der Waals surface area (Å²) in [5, 5.41) is 13.5. The Labute approximate surface area is 163 Å². The van der Waals surface area contributed by atoms with Gasteiger partial charge < -0.3 is 5.32 Å². The van der Waals surface area contributed by atoms with Gasteiger partial charge in [0.05, 0.1) is 22.4 Å². The molecule has 1 aromatic rings. The van der Waals surface area contributed by atoms with Gasteiger partial charge in [0.2, 0.25) is 0 Å². The number of benzene rings is 1. The third-order valence-corrected chi connectivity index (χ3v) is 5.38. The first-order chi connectivity index (χ1) is 12.7. The maximum atomic E-state index is 13.0. The number of rotatable bonds is 7. The van der Waals surface area contributed by atoms with E-state index < -0.39 is 5.82 Å². The molecule has 0 saturated heterocycles. The zero-order chi connectivity index (χ0) is 20.1. The number of ketones is 2. The van der Waals surface area contributed by atoms with Crippen LogP contribution in [0.25, 0.3) is 0 Å². The molecule has 142 valence electrons. The van der Waals surface area contributed by atoms with Crippen LogP contribution in [0.3, 0.4) is 0 Å². The summed E-state index contributed by atoms with van der Waals surface area (Å²) in [6, 6.07) is 7.64. The first-order valence-electron chi connectivity index (χ1n) is 8.79. The smallest absolute Gasteiger partial charge is 0.173 e. The topological polar surface area (TPSA) is 70.0 Å². The van der Waals surface area contributed by atoms with E-state index >= 15 is 0 Å². The Morgan fingerprint density at radius 1 is 1.30 bits per heavy atom. The molecule has 1 aromatic carbocycles. The molecule has 0 unspecified atom stereocenters. The molecular formula is C21H23FN2O2S. The van der Waals surface area contributed by atoms with Crippen molar-refractivity contribution in [3.8, 4) is 6.07 Å². The minimum absolute atomic E-state index is 0.0511. The Bertz CT molecular complexity index is 848. The van der Waals surface area contributed by atoms with Crippen molar-refractivity contribution in [2.75, 3.05) is 5.75 Å². The predicted octanol–water partition coefficient (Wildman–Crippen LogP) is 4.61. The molecule has 0 aromatic heterocycles. The fourth-order valence-electron chi connectivity index (χ4n) is 3.18. The van der Waals surface area contributed by atoms with E-state index in [1.54, 1.807) is 0 Å².